The molecule has 0 aromatic rings. The molecule has 1 aliphatic carbocycles. The second-order valence-corrected chi connectivity index (χ2v) is 3.41. The van der Waals surface area contributed by atoms with Gasteiger partial charge in [-0.1, -0.05) is 5.92 Å². The summed E-state index contributed by atoms with van der Waals surface area (Å²) in [5.74, 6) is 3.40. The number of ether oxygens (including phenoxy) is 1. The molecule has 0 unspecified atom stereocenters. The van der Waals surface area contributed by atoms with Gasteiger partial charge in [0.15, 0.2) is 0 Å². The Hall–Kier alpha value is -0.480. The van der Waals surface area contributed by atoms with Crippen molar-refractivity contribution in [2.45, 2.75) is 32.3 Å². The summed E-state index contributed by atoms with van der Waals surface area (Å²) in [5, 5.41) is 0. The van der Waals surface area contributed by atoms with Gasteiger partial charge in [-0.2, -0.15) is 0 Å². The normalized spacial score (nSPS) is 18.5. The van der Waals surface area contributed by atoms with E-state index in [4.69, 9.17) is 11.2 Å². The molecular formula is C9H14O. The molecule has 10 heavy (non-hydrogen) atoms. The van der Waals surface area contributed by atoms with E-state index in [1.807, 2.05) is 13.8 Å². The maximum atomic E-state index is 5.47. The van der Waals surface area contributed by atoms with Crippen LogP contribution in [0.1, 0.15) is 26.7 Å². The Bertz CT molecular complexity index is 149. The van der Waals surface area contributed by atoms with Crippen LogP contribution in [0.2, 0.25) is 0 Å². The van der Waals surface area contributed by atoms with Crippen LogP contribution in [0.25, 0.3) is 0 Å². The molecule has 1 heteroatoms. The lowest BCUT2D eigenvalue weighted by Gasteiger charge is -2.17. The summed E-state index contributed by atoms with van der Waals surface area (Å²) in [6.45, 7) is 4.70. The quantitative estimate of drug-likeness (QED) is 0.540. The van der Waals surface area contributed by atoms with Crippen LogP contribution in [-0.4, -0.2) is 12.2 Å². The SMILES string of the molecule is C#CC(C)(C)OCC1CC1. The molecule has 1 rings (SSSR count). The van der Waals surface area contributed by atoms with Crippen LogP contribution in [0, 0.1) is 18.3 Å². The van der Waals surface area contributed by atoms with Crippen molar-refractivity contribution in [3.05, 3.63) is 0 Å². The lowest BCUT2D eigenvalue weighted by molar-refractivity contribution is 0.0204. The van der Waals surface area contributed by atoms with Gasteiger partial charge in [0, 0.05) is 0 Å². The first-order valence-corrected chi connectivity index (χ1v) is 3.76. The zero-order valence-electron chi connectivity index (χ0n) is 6.68. The fourth-order valence-corrected chi connectivity index (χ4v) is 0.652. The van der Waals surface area contributed by atoms with Crippen molar-refractivity contribution in [3.63, 3.8) is 0 Å². The monoisotopic (exact) mass is 138 g/mol. The number of hydrogen-bond acceptors (Lipinski definition) is 1. The number of hydrogen-bond donors (Lipinski definition) is 0. The fraction of sp³-hybridized carbons (Fsp3) is 0.778. The summed E-state index contributed by atoms with van der Waals surface area (Å²) in [6.07, 6.45) is 7.88. The minimum atomic E-state index is -0.359. The molecule has 0 amide bonds. The molecule has 0 aromatic carbocycles. The highest BCUT2D eigenvalue weighted by molar-refractivity contribution is 5.03. The smallest absolute Gasteiger partial charge is 0.122 e. The van der Waals surface area contributed by atoms with Gasteiger partial charge in [0.2, 0.25) is 0 Å². The summed E-state index contributed by atoms with van der Waals surface area (Å²) in [6, 6.07) is 0. The molecule has 0 aliphatic heterocycles. The van der Waals surface area contributed by atoms with Gasteiger partial charge in [-0.05, 0) is 32.6 Å². The maximum Gasteiger partial charge on any atom is 0.122 e. The van der Waals surface area contributed by atoms with E-state index in [2.05, 4.69) is 5.92 Å². The molecule has 0 spiro atoms. The van der Waals surface area contributed by atoms with Crippen molar-refractivity contribution in [1.29, 1.82) is 0 Å². The van der Waals surface area contributed by atoms with Gasteiger partial charge < -0.3 is 4.74 Å². The third-order valence-electron chi connectivity index (χ3n) is 1.72. The van der Waals surface area contributed by atoms with Gasteiger partial charge >= 0.3 is 0 Å². The zero-order valence-corrected chi connectivity index (χ0v) is 6.68. The topological polar surface area (TPSA) is 9.23 Å². The molecule has 0 heterocycles. The highest BCUT2D eigenvalue weighted by atomic mass is 16.5. The second kappa shape index (κ2) is 2.64. The molecule has 1 aliphatic rings. The minimum absolute atomic E-state index is 0.359. The van der Waals surface area contributed by atoms with Crippen LogP contribution in [-0.2, 0) is 4.74 Å². The highest BCUT2D eigenvalue weighted by Crippen LogP contribution is 2.30. The molecule has 0 aromatic heterocycles. The lowest BCUT2D eigenvalue weighted by atomic mass is 10.1. The van der Waals surface area contributed by atoms with Crippen molar-refractivity contribution < 1.29 is 4.74 Å². The highest BCUT2D eigenvalue weighted by Gasteiger charge is 2.24. The minimum Gasteiger partial charge on any atom is -0.363 e. The van der Waals surface area contributed by atoms with E-state index in [-0.39, 0.29) is 5.60 Å². The van der Waals surface area contributed by atoms with Gasteiger partial charge in [0.25, 0.3) is 0 Å². The summed E-state index contributed by atoms with van der Waals surface area (Å²) in [7, 11) is 0. The Balaban J connectivity index is 2.17. The van der Waals surface area contributed by atoms with Gasteiger partial charge in [0.05, 0.1) is 6.61 Å². The van der Waals surface area contributed by atoms with E-state index < -0.39 is 0 Å². The Labute approximate surface area is 62.8 Å². The van der Waals surface area contributed by atoms with E-state index in [1.54, 1.807) is 0 Å². The molecule has 1 fully saturated rings. The van der Waals surface area contributed by atoms with Crippen molar-refractivity contribution in [2.24, 2.45) is 5.92 Å². The van der Waals surface area contributed by atoms with E-state index in [1.165, 1.54) is 12.8 Å². The molecule has 0 bridgehead atoms. The predicted molar refractivity (Wildman–Crippen MR) is 41.6 cm³/mol. The van der Waals surface area contributed by atoms with Crippen molar-refractivity contribution in [2.75, 3.05) is 6.61 Å². The Morgan fingerprint density at radius 1 is 1.60 bits per heavy atom. The van der Waals surface area contributed by atoms with Gasteiger partial charge in [0.1, 0.15) is 5.60 Å². The van der Waals surface area contributed by atoms with Gasteiger partial charge in [-0.3, -0.25) is 0 Å². The van der Waals surface area contributed by atoms with Crippen LogP contribution in [0.15, 0.2) is 0 Å². The average Bonchev–Trinajstić information content (AvgIpc) is 2.66. The summed E-state index contributed by atoms with van der Waals surface area (Å²) in [5.41, 5.74) is -0.359. The van der Waals surface area contributed by atoms with Gasteiger partial charge in [-0.15, -0.1) is 6.42 Å². The number of terminal acetylenes is 1. The maximum absolute atomic E-state index is 5.47. The second-order valence-electron chi connectivity index (χ2n) is 3.41. The van der Waals surface area contributed by atoms with Crippen molar-refractivity contribution in [1.82, 2.24) is 0 Å². The van der Waals surface area contributed by atoms with E-state index in [9.17, 15) is 0 Å². The Morgan fingerprint density at radius 3 is 2.60 bits per heavy atom. The Morgan fingerprint density at radius 2 is 2.20 bits per heavy atom. The number of rotatable bonds is 3. The molecular weight excluding hydrogens is 124 g/mol. The van der Waals surface area contributed by atoms with Crippen molar-refractivity contribution in [3.8, 4) is 12.3 Å². The summed E-state index contributed by atoms with van der Waals surface area (Å²) in [4.78, 5) is 0. The summed E-state index contributed by atoms with van der Waals surface area (Å²) >= 11 is 0. The third kappa shape index (κ3) is 2.41. The van der Waals surface area contributed by atoms with E-state index >= 15 is 0 Å². The van der Waals surface area contributed by atoms with Crippen LogP contribution >= 0.6 is 0 Å². The van der Waals surface area contributed by atoms with Crippen molar-refractivity contribution >= 4 is 0 Å². The molecule has 1 saturated carbocycles. The van der Waals surface area contributed by atoms with E-state index in [0.29, 0.717) is 0 Å². The zero-order chi connectivity index (χ0) is 7.61. The molecule has 0 N–H and O–H groups in total. The molecule has 0 saturated heterocycles. The van der Waals surface area contributed by atoms with Crippen LogP contribution < -0.4 is 0 Å². The third-order valence-corrected chi connectivity index (χ3v) is 1.72. The predicted octanol–water partition coefficient (Wildman–Crippen LogP) is 1.82. The van der Waals surface area contributed by atoms with Crippen LogP contribution in [0.3, 0.4) is 0 Å². The molecule has 1 nitrogen and oxygen atoms in total. The van der Waals surface area contributed by atoms with E-state index in [0.717, 1.165) is 12.5 Å². The first kappa shape index (κ1) is 7.63. The largest absolute Gasteiger partial charge is 0.363 e. The fourth-order valence-electron chi connectivity index (χ4n) is 0.652. The van der Waals surface area contributed by atoms with Crippen LogP contribution in [0.5, 0.6) is 0 Å². The molecule has 0 radical (unpaired) electrons. The Kier molecular flexibility index (Phi) is 2.01. The summed E-state index contributed by atoms with van der Waals surface area (Å²) < 4.78 is 5.47. The first-order chi connectivity index (χ1) is 4.64. The molecule has 0 atom stereocenters. The standard InChI is InChI=1S/C9H14O/c1-4-9(2,3)10-7-8-5-6-8/h1,8H,5-7H2,2-3H3. The van der Waals surface area contributed by atoms with Crippen LogP contribution in [0.4, 0.5) is 0 Å². The first-order valence-electron chi connectivity index (χ1n) is 3.76. The van der Waals surface area contributed by atoms with Gasteiger partial charge in [-0.25, -0.2) is 0 Å². The lowest BCUT2D eigenvalue weighted by Crippen LogP contribution is -2.22. The molecule has 56 valence electrons. The average molecular weight is 138 g/mol.